The fourth-order valence-corrected chi connectivity index (χ4v) is 3.03. The quantitative estimate of drug-likeness (QED) is 0.753. The predicted molar refractivity (Wildman–Crippen MR) is 79.5 cm³/mol. The molecule has 4 heteroatoms. The molecule has 1 aromatic carbocycles. The largest absolute Gasteiger partial charge is 0.276 e. The Bertz CT molecular complexity index is 510. The van der Waals surface area contributed by atoms with E-state index in [1.807, 2.05) is 36.1 Å². The van der Waals surface area contributed by atoms with E-state index in [4.69, 9.17) is 11.6 Å². The summed E-state index contributed by atoms with van der Waals surface area (Å²) in [6, 6.07) is 8.08. The van der Waals surface area contributed by atoms with E-state index in [9.17, 15) is 0 Å². The maximum atomic E-state index is 6.25. The van der Waals surface area contributed by atoms with E-state index in [1.54, 1.807) is 0 Å². The summed E-state index contributed by atoms with van der Waals surface area (Å²) in [5.41, 5.74) is 2.50. The lowest BCUT2D eigenvalue weighted by atomic mass is 9.95. The van der Waals surface area contributed by atoms with E-state index >= 15 is 0 Å². The van der Waals surface area contributed by atoms with Gasteiger partial charge in [-0.15, -0.1) is 0 Å². The van der Waals surface area contributed by atoms with Crippen LogP contribution in [-0.4, -0.2) is 15.1 Å². The van der Waals surface area contributed by atoms with E-state index in [0.717, 1.165) is 23.2 Å². The Morgan fingerprint density at radius 2 is 2.17 bits per heavy atom. The van der Waals surface area contributed by atoms with Gasteiger partial charge in [-0.2, -0.15) is 5.10 Å². The molecule has 0 saturated heterocycles. The van der Waals surface area contributed by atoms with Crippen LogP contribution >= 0.6 is 27.5 Å². The SMILES string of the molecule is Cn1cc(CCC(CBr)c2ccccc2Cl)cn1. The number of hydrogen-bond donors (Lipinski definition) is 0. The van der Waals surface area contributed by atoms with Gasteiger partial charge in [-0.1, -0.05) is 45.7 Å². The second-order valence-electron chi connectivity index (χ2n) is 4.43. The van der Waals surface area contributed by atoms with Crippen molar-refractivity contribution in [1.82, 2.24) is 9.78 Å². The van der Waals surface area contributed by atoms with Crippen LogP contribution in [0.2, 0.25) is 5.02 Å². The van der Waals surface area contributed by atoms with Gasteiger partial charge in [0.2, 0.25) is 0 Å². The lowest BCUT2D eigenvalue weighted by molar-refractivity contribution is 0.691. The Morgan fingerprint density at radius 1 is 1.39 bits per heavy atom. The van der Waals surface area contributed by atoms with Crippen molar-refractivity contribution in [2.75, 3.05) is 5.33 Å². The Labute approximate surface area is 121 Å². The molecule has 0 spiro atoms. The third kappa shape index (κ3) is 3.36. The maximum absolute atomic E-state index is 6.25. The standard InChI is InChI=1S/C14H16BrClN2/c1-18-10-11(9-17-18)6-7-12(8-15)13-4-2-3-5-14(13)16/h2-5,9-10,12H,6-8H2,1H3. The first-order valence-corrected chi connectivity index (χ1v) is 7.48. The summed E-state index contributed by atoms with van der Waals surface area (Å²) in [5, 5.41) is 5.97. The monoisotopic (exact) mass is 326 g/mol. The first-order valence-electron chi connectivity index (χ1n) is 5.98. The minimum Gasteiger partial charge on any atom is -0.276 e. The molecule has 1 unspecified atom stereocenters. The molecule has 96 valence electrons. The van der Waals surface area contributed by atoms with E-state index in [1.165, 1.54) is 11.1 Å². The highest BCUT2D eigenvalue weighted by Gasteiger charge is 2.13. The van der Waals surface area contributed by atoms with Crippen LogP contribution < -0.4 is 0 Å². The molecule has 1 aromatic heterocycles. The van der Waals surface area contributed by atoms with Gasteiger partial charge in [-0.05, 0) is 36.0 Å². The van der Waals surface area contributed by atoms with Crippen LogP contribution in [0, 0.1) is 0 Å². The number of nitrogens with zero attached hydrogens (tertiary/aromatic N) is 2. The zero-order chi connectivity index (χ0) is 13.0. The number of hydrogen-bond acceptors (Lipinski definition) is 1. The Hall–Kier alpha value is -0.800. The van der Waals surface area contributed by atoms with Crippen molar-refractivity contribution < 1.29 is 0 Å². The number of benzene rings is 1. The van der Waals surface area contributed by atoms with E-state index in [-0.39, 0.29) is 0 Å². The predicted octanol–water partition coefficient (Wildman–Crippen LogP) is 4.18. The van der Waals surface area contributed by atoms with Crippen LogP contribution in [0.15, 0.2) is 36.7 Å². The van der Waals surface area contributed by atoms with Crippen molar-refractivity contribution in [2.24, 2.45) is 7.05 Å². The fraction of sp³-hybridized carbons (Fsp3) is 0.357. The van der Waals surface area contributed by atoms with Crippen molar-refractivity contribution >= 4 is 27.5 Å². The van der Waals surface area contributed by atoms with Crippen LogP contribution in [0.1, 0.15) is 23.5 Å². The van der Waals surface area contributed by atoms with E-state index in [0.29, 0.717) is 5.92 Å². The van der Waals surface area contributed by atoms with Crippen molar-refractivity contribution in [2.45, 2.75) is 18.8 Å². The molecular formula is C14H16BrClN2. The Morgan fingerprint density at radius 3 is 2.78 bits per heavy atom. The second-order valence-corrected chi connectivity index (χ2v) is 5.49. The summed E-state index contributed by atoms with van der Waals surface area (Å²) in [4.78, 5) is 0. The van der Waals surface area contributed by atoms with Crippen LogP contribution in [0.25, 0.3) is 0 Å². The summed E-state index contributed by atoms with van der Waals surface area (Å²) < 4.78 is 1.84. The molecule has 1 heterocycles. The van der Waals surface area contributed by atoms with Gasteiger partial charge in [-0.3, -0.25) is 4.68 Å². The first-order chi connectivity index (χ1) is 8.70. The fourth-order valence-electron chi connectivity index (χ4n) is 2.06. The van der Waals surface area contributed by atoms with Crippen molar-refractivity contribution in [3.63, 3.8) is 0 Å². The summed E-state index contributed by atoms with van der Waals surface area (Å²) in [5.74, 6) is 0.443. The molecule has 2 aromatic rings. The van der Waals surface area contributed by atoms with Gasteiger partial charge < -0.3 is 0 Å². The zero-order valence-electron chi connectivity index (χ0n) is 10.3. The Kier molecular flexibility index (Phi) is 4.84. The second kappa shape index (κ2) is 6.39. The molecular weight excluding hydrogens is 312 g/mol. The molecule has 18 heavy (non-hydrogen) atoms. The van der Waals surface area contributed by atoms with Crippen molar-refractivity contribution in [1.29, 1.82) is 0 Å². The number of halogens is 2. The van der Waals surface area contributed by atoms with Gasteiger partial charge in [0.25, 0.3) is 0 Å². The number of aryl methyl sites for hydroxylation is 2. The minimum atomic E-state index is 0.443. The molecule has 0 amide bonds. The molecule has 2 nitrogen and oxygen atoms in total. The average molecular weight is 328 g/mol. The van der Waals surface area contributed by atoms with Crippen LogP contribution in [0.5, 0.6) is 0 Å². The van der Waals surface area contributed by atoms with E-state index in [2.05, 4.69) is 33.3 Å². The lowest BCUT2D eigenvalue weighted by Gasteiger charge is -2.15. The van der Waals surface area contributed by atoms with Crippen LogP contribution in [-0.2, 0) is 13.5 Å². The first kappa shape index (κ1) is 13.6. The highest BCUT2D eigenvalue weighted by molar-refractivity contribution is 9.09. The van der Waals surface area contributed by atoms with Crippen molar-refractivity contribution in [3.8, 4) is 0 Å². The summed E-state index contributed by atoms with van der Waals surface area (Å²) in [6.07, 6.45) is 6.09. The number of rotatable bonds is 5. The molecule has 0 saturated carbocycles. The zero-order valence-corrected chi connectivity index (χ0v) is 12.7. The average Bonchev–Trinajstić information content (AvgIpc) is 2.78. The summed E-state index contributed by atoms with van der Waals surface area (Å²) in [7, 11) is 1.94. The molecule has 1 atom stereocenters. The third-order valence-electron chi connectivity index (χ3n) is 3.07. The number of aromatic nitrogens is 2. The van der Waals surface area contributed by atoms with Crippen molar-refractivity contribution in [3.05, 3.63) is 52.8 Å². The molecule has 0 bridgehead atoms. The minimum absolute atomic E-state index is 0.443. The molecule has 2 rings (SSSR count). The highest BCUT2D eigenvalue weighted by Crippen LogP contribution is 2.29. The highest BCUT2D eigenvalue weighted by atomic mass is 79.9. The van der Waals surface area contributed by atoms with Gasteiger partial charge in [0.15, 0.2) is 0 Å². The van der Waals surface area contributed by atoms with Gasteiger partial charge >= 0.3 is 0 Å². The number of alkyl halides is 1. The van der Waals surface area contributed by atoms with Gasteiger partial charge in [0.05, 0.1) is 6.20 Å². The smallest absolute Gasteiger partial charge is 0.0521 e. The van der Waals surface area contributed by atoms with Gasteiger partial charge in [0, 0.05) is 23.6 Å². The lowest BCUT2D eigenvalue weighted by Crippen LogP contribution is -2.03. The molecule has 0 N–H and O–H groups in total. The van der Waals surface area contributed by atoms with Gasteiger partial charge in [-0.25, -0.2) is 0 Å². The molecule has 0 aliphatic rings. The van der Waals surface area contributed by atoms with Crippen LogP contribution in [0.4, 0.5) is 0 Å². The third-order valence-corrected chi connectivity index (χ3v) is 4.20. The topological polar surface area (TPSA) is 17.8 Å². The van der Waals surface area contributed by atoms with Gasteiger partial charge in [0.1, 0.15) is 0 Å². The normalized spacial score (nSPS) is 12.6. The van der Waals surface area contributed by atoms with E-state index < -0.39 is 0 Å². The maximum Gasteiger partial charge on any atom is 0.0521 e. The molecule has 0 aliphatic carbocycles. The molecule has 0 fully saturated rings. The van der Waals surface area contributed by atoms with Crippen LogP contribution in [0.3, 0.4) is 0 Å². The summed E-state index contributed by atoms with van der Waals surface area (Å²) >= 11 is 9.83. The molecule has 0 radical (unpaired) electrons. The summed E-state index contributed by atoms with van der Waals surface area (Å²) in [6.45, 7) is 0. The molecule has 0 aliphatic heterocycles. The Balaban J connectivity index is 2.04.